The number of hydrogen-bond acceptors (Lipinski definition) is 5. The molecule has 33 heavy (non-hydrogen) atoms. The van der Waals surface area contributed by atoms with Gasteiger partial charge in [-0.25, -0.2) is 4.79 Å². The normalized spacial score (nSPS) is 19.8. The summed E-state index contributed by atoms with van der Waals surface area (Å²) >= 11 is 6.54. The van der Waals surface area contributed by atoms with Gasteiger partial charge in [0.2, 0.25) is 0 Å². The summed E-state index contributed by atoms with van der Waals surface area (Å²) in [6, 6.07) is 4.87. The number of aryl methyl sites for hydroxylation is 1. The third-order valence-corrected chi connectivity index (χ3v) is 7.24. The fraction of sp³-hybridized carbons (Fsp3) is 0.680. The minimum atomic E-state index is -0.448. The van der Waals surface area contributed by atoms with E-state index >= 15 is 0 Å². The van der Waals surface area contributed by atoms with E-state index in [1.807, 2.05) is 43.6 Å². The Labute approximate surface area is 202 Å². The molecule has 0 spiro atoms. The Balaban J connectivity index is 1.32. The monoisotopic (exact) mass is 475 g/mol. The van der Waals surface area contributed by atoms with Crippen molar-refractivity contribution in [1.29, 1.82) is 0 Å². The highest BCUT2D eigenvalue weighted by atomic mass is 35.5. The first-order valence-corrected chi connectivity index (χ1v) is 12.4. The fourth-order valence-corrected chi connectivity index (χ4v) is 5.18. The van der Waals surface area contributed by atoms with Gasteiger partial charge in [-0.15, -0.1) is 0 Å². The minimum absolute atomic E-state index is 0.197. The van der Waals surface area contributed by atoms with Crippen molar-refractivity contribution in [2.45, 2.75) is 52.2 Å². The summed E-state index contributed by atoms with van der Waals surface area (Å²) < 4.78 is 7.43. The summed E-state index contributed by atoms with van der Waals surface area (Å²) in [4.78, 5) is 19.3. The zero-order valence-corrected chi connectivity index (χ0v) is 21.6. The van der Waals surface area contributed by atoms with Crippen LogP contribution in [0, 0.1) is 5.92 Å². The lowest BCUT2D eigenvalue weighted by Crippen LogP contribution is -2.58. The number of amides is 1. The van der Waals surface area contributed by atoms with Crippen molar-refractivity contribution >= 4 is 28.6 Å². The molecule has 0 saturated carbocycles. The van der Waals surface area contributed by atoms with Gasteiger partial charge in [-0.3, -0.25) is 14.5 Å². The van der Waals surface area contributed by atoms with Crippen LogP contribution in [0.5, 0.6) is 0 Å². The van der Waals surface area contributed by atoms with Crippen LogP contribution in [0.15, 0.2) is 18.3 Å². The van der Waals surface area contributed by atoms with Gasteiger partial charge in [-0.2, -0.15) is 5.10 Å². The molecule has 1 amide bonds. The lowest BCUT2D eigenvalue weighted by Gasteiger charge is -2.48. The molecule has 4 rings (SSSR count). The zero-order chi connectivity index (χ0) is 23.9. The van der Waals surface area contributed by atoms with E-state index in [0.717, 1.165) is 61.7 Å². The predicted molar refractivity (Wildman–Crippen MR) is 133 cm³/mol. The van der Waals surface area contributed by atoms with Gasteiger partial charge in [0.25, 0.3) is 0 Å². The molecular weight excluding hydrogens is 438 g/mol. The molecule has 1 aromatic heterocycles. The van der Waals surface area contributed by atoms with Crippen LogP contribution >= 0.6 is 11.6 Å². The Morgan fingerprint density at radius 3 is 2.45 bits per heavy atom. The summed E-state index contributed by atoms with van der Waals surface area (Å²) in [5.41, 5.74) is 1.95. The topological polar surface area (TPSA) is 53.8 Å². The highest BCUT2D eigenvalue weighted by Gasteiger charge is 2.36. The van der Waals surface area contributed by atoms with E-state index in [9.17, 15) is 4.79 Å². The standard InChI is InChI=1S/C25H38ClN5O2/c1-17(2)23(16-29-7-9-30(10-8-29)24(32)33-25(3,4)5)31-14-19(15-31)18-11-21(26)20-13-27-28(6)22(20)12-18/h11-13,17,19,23H,7-10,14-16H2,1-6H3. The number of piperazine rings is 1. The number of fused-ring (bicyclic) bond motifs is 1. The number of likely N-dealkylation sites (tertiary alicyclic amines) is 1. The highest BCUT2D eigenvalue weighted by molar-refractivity contribution is 6.35. The molecule has 0 aliphatic carbocycles. The number of rotatable bonds is 5. The quantitative estimate of drug-likeness (QED) is 0.648. The first kappa shape index (κ1) is 24.3. The number of aromatic nitrogens is 2. The molecule has 0 N–H and O–H groups in total. The lowest BCUT2D eigenvalue weighted by molar-refractivity contribution is 0.00375. The Kier molecular flexibility index (Phi) is 6.95. The molecular formula is C25H38ClN5O2. The second-order valence-corrected chi connectivity index (χ2v) is 11.3. The van der Waals surface area contributed by atoms with E-state index < -0.39 is 5.60 Å². The van der Waals surface area contributed by atoms with E-state index in [0.29, 0.717) is 17.9 Å². The first-order chi connectivity index (χ1) is 15.5. The Bertz CT molecular complexity index is 985. The van der Waals surface area contributed by atoms with E-state index in [2.05, 4.69) is 40.9 Å². The molecule has 8 heteroatoms. The summed E-state index contributed by atoms with van der Waals surface area (Å²) in [6.45, 7) is 16.8. The Morgan fingerprint density at radius 1 is 1.18 bits per heavy atom. The van der Waals surface area contributed by atoms with Gasteiger partial charge >= 0.3 is 6.09 Å². The number of benzene rings is 1. The van der Waals surface area contributed by atoms with Crippen LogP contribution in [0.1, 0.15) is 46.1 Å². The van der Waals surface area contributed by atoms with Crippen molar-refractivity contribution in [3.05, 3.63) is 28.9 Å². The number of halogens is 1. The predicted octanol–water partition coefficient (Wildman–Crippen LogP) is 4.20. The molecule has 0 radical (unpaired) electrons. The molecule has 1 unspecified atom stereocenters. The second kappa shape index (κ2) is 9.43. The SMILES string of the molecule is CC(C)C(CN1CCN(C(=O)OC(C)(C)C)CC1)N1CC(c2cc(Cl)c3cnn(C)c3c2)C1. The molecule has 0 bridgehead atoms. The number of hydrogen-bond donors (Lipinski definition) is 0. The number of carbonyl (C=O) groups excluding carboxylic acids is 1. The summed E-state index contributed by atoms with van der Waals surface area (Å²) in [7, 11) is 1.97. The average Bonchev–Trinajstić information content (AvgIpc) is 3.06. The molecule has 2 aromatic rings. The number of nitrogens with zero attached hydrogens (tertiary/aromatic N) is 5. The maximum atomic E-state index is 12.4. The molecule has 1 aromatic carbocycles. The zero-order valence-electron chi connectivity index (χ0n) is 20.8. The molecule has 3 heterocycles. The molecule has 2 aliphatic rings. The summed E-state index contributed by atoms with van der Waals surface area (Å²) in [5.74, 6) is 1.07. The van der Waals surface area contributed by atoms with Gasteiger partial charge in [0, 0.05) is 70.2 Å². The van der Waals surface area contributed by atoms with Gasteiger partial charge in [0.1, 0.15) is 5.60 Å². The van der Waals surface area contributed by atoms with Crippen LogP contribution in [-0.4, -0.2) is 88.0 Å². The van der Waals surface area contributed by atoms with E-state index in [-0.39, 0.29) is 6.09 Å². The number of carbonyl (C=O) groups is 1. The first-order valence-electron chi connectivity index (χ1n) is 12.1. The third-order valence-electron chi connectivity index (χ3n) is 6.93. The fourth-order valence-electron chi connectivity index (χ4n) is 4.91. The maximum Gasteiger partial charge on any atom is 0.410 e. The van der Waals surface area contributed by atoms with Crippen molar-refractivity contribution in [2.24, 2.45) is 13.0 Å². The van der Waals surface area contributed by atoms with Crippen LogP contribution in [0.3, 0.4) is 0 Å². The van der Waals surface area contributed by atoms with Crippen molar-refractivity contribution in [1.82, 2.24) is 24.5 Å². The number of ether oxygens (including phenoxy) is 1. The van der Waals surface area contributed by atoms with Crippen molar-refractivity contribution in [2.75, 3.05) is 45.8 Å². The summed E-state index contributed by atoms with van der Waals surface area (Å²) in [6.07, 6.45) is 1.64. The van der Waals surface area contributed by atoms with Crippen LogP contribution < -0.4 is 0 Å². The molecule has 2 aliphatic heterocycles. The van der Waals surface area contributed by atoms with Crippen LogP contribution in [-0.2, 0) is 11.8 Å². The maximum absolute atomic E-state index is 12.4. The molecule has 2 fully saturated rings. The van der Waals surface area contributed by atoms with Crippen LogP contribution in [0.25, 0.3) is 10.9 Å². The summed E-state index contributed by atoms with van der Waals surface area (Å²) in [5, 5.41) is 6.16. The molecule has 7 nitrogen and oxygen atoms in total. The van der Waals surface area contributed by atoms with Crippen molar-refractivity contribution in [3.8, 4) is 0 Å². The Hall–Kier alpha value is -1.83. The van der Waals surface area contributed by atoms with Gasteiger partial charge in [-0.1, -0.05) is 25.4 Å². The van der Waals surface area contributed by atoms with E-state index in [1.54, 1.807) is 0 Å². The van der Waals surface area contributed by atoms with Gasteiger partial charge in [-0.05, 0) is 44.4 Å². The second-order valence-electron chi connectivity index (χ2n) is 10.9. The van der Waals surface area contributed by atoms with Crippen LogP contribution in [0.4, 0.5) is 4.79 Å². The third kappa shape index (κ3) is 5.47. The molecule has 1 atom stereocenters. The molecule has 182 valence electrons. The van der Waals surface area contributed by atoms with Gasteiger partial charge < -0.3 is 9.64 Å². The van der Waals surface area contributed by atoms with Crippen LogP contribution in [0.2, 0.25) is 5.02 Å². The van der Waals surface area contributed by atoms with Gasteiger partial charge in [0.15, 0.2) is 0 Å². The van der Waals surface area contributed by atoms with Gasteiger partial charge in [0.05, 0.1) is 16.7 Å². The minimum Gasteiger partial charge on any atom is -0.444 e. The van der Waals surface area contributed by atoms with Crippen molar-refractivity contribution < 1.29 is 9.53 Å². The van der Waals surface area contributed by atoms with Crippen molar-refractivity contribution in [3.63, 3.8) is 0 Å². The Morgan fingerprint density at radius 2 is 1.85 bits per heavy atom. The smallest absolute Gasteiger partial charge is 0.410 e. The average molecular weight is 476 g/mol. The molecule has 2 saturated heterocycles. The largest absolute Gasteiger partial charge is 0.444 e. The van der Waals surface area contributed by atoms with E-state index in [1.165, 1.54) is 5.56 Å². The lowest BCUT2D eigenvalue weighted by atomic mass is 9.87. The highest BCUT2D eigenvalue weighted by Crippen LogP contribution is 2.35. The van der Waals surface area contributed by atoms with E-state index in [4.69, 9.17) is 16.3 Å².